The lowest BCUT2D eigenvalue weighted by molar-refractivity contribution is 0.139. The van der Waals surface area contributed by atoms with Crippen molar-refractivity contribution in [2.45, 2.75) is 38.8 Å². The summed E-state index contributed by atoms with van der Waals surface area (Å²) in [4.78, 5) is 9.48. The summed E-state index contributed by atoms with van der Waals surface area (Å²) in [5.74, 6) is 1.04. The maximum atomic E-state index is 4.79. The van der Waals surface area contributed by atoms with Gasteiger partial charge < -0.3 is 4.90 Å². The van der Waals surface area contributed by atoms with Crippen molar-refractivity contribution in [1.29, 1.82) is 0 Å². The van der Waals surface area contributed by atoms with Crippen LogP contribution < -0.4 is 4.90 Å². The van der Waals surface area contributed by atoms with E-state index < -0.39 is 0 Å². The first-order valence-electron chi connectivity index (χ1n) is 8.58. The van der Waals surface area contributed by atoms with Gasteiger partial charge in [-0.2, -0.15) is 0 Å². The lowest BCUT2D eigenvalue weighted by Gasteiger charge is -2.36. The topological polar surface area (TPSA) is 19.4 Å². The third-order valence-electron chi connectivity index (χ3n) is 4.77. The van der Waals surface area contributed by atoms with Crippen LogP contribution in [-0.2, 0) is 6.54 Å². The van der Waals surface area contributed by atoms with Gasteiger partial charge in [0.25, 0.3) is 0 Å². The van der Waals surface area contributed by atoms with Crippen molar-refractivity contribution in [3.8, 4) is 0 Å². The van der Waals surface area contributed by atoms with E-state index in [1.54, 1.807) is 0 Å². The monoisotopic (exact) mass is 309 g/mol. The van der Waals surface area contributed by atoms with Gasteiger partial charge in [-0.3, -0.25) is 4.90 Å². The molecular formula is C20H27N3. The van der Waals surface area contributed by atoms with Crippen LogP contribution in [0.25, 0.3) is 0 Å². The first kappa shape index (κ1) is 16.0. The first-order chi connectivity index (χ1) is 11.1. The van der Waals surface area contributed by atoms with Gasteiger partial charge in [0.1, 0.15) is 5.82 Å². The van der Waals surface area contributed by atoms with E-state index in [-0.39, 0.29) is 0 Å². The van der Waals surface area contributed by atoms with Crippen molar-refractivity contribution in [3.63, 3.8) is 0 Å². The Morgan fingerprint density at radius 1 is 1.09 bits per heavy atom. The van der Waals surface area contributed by atoms with Gasteiger partial charge >= 0.3 is 0 Å². The molecule has 2 aromatic rings. The SMILES string of the molecule is Cc1nc(N(C)C)ccc1C1CCCCN1Cc1ccccc1. The number of anilines is 1. The van der Waals surface area contributed by atoms with Crippen LogP contribution in [0.1, 0.15) is 42.1 Å². The van der Waals surface area contributed by atoms with Gasteiger partial charge in [0.15, 0.2) is 0 Å². The van der Waals surface area contributed by atoms with Crippen LogP contribution >= 0.6 is 0 Å². The van der Waals surface area contributed by atoms with Crippen LogP contribution in [0.2, 0.25) is 0 Å². The third kappa shape index (κ3) is 3.73. The second-order valence-electron chi connectivity index (χ2n) is 6.71. The highest BCUT2D eigenvalue weighted by atomic mass is 15.2. The van der Waals surface area contributed by atoms with Gasteiger partial charge in [0.2, 0.25) is 0 Å². The van der Waals surface area contributed by atoms with Gasteiger partial charge in [0.05, 0.1) is 0 Å². The van der Waals surface area contributed by atoms with Gasteiger partial charge in [0, 0.05) is 32.4 Å². The number of pyridine rings is 1. The van der Waals surface area contributed by atoms with E-state index >= 15 is 0 Å². The molecule has 1 aromatic carbocycles. The van der Waals surface area contributed by atoms with Gasteiger partial charge in [-0.25, -0.2) is 4.98 Å². The molecule has 0 amide bonds. The fourth-order valence-corrected chi connectivity index (χ4v) is 3.51. The minimum Gasteiger partial charge on any atom is -0.363 e. The molecule has 0 spiro atoms. The molecule has 0 bridgehead atoms. The molecule has 23 heavy (non-hydrogen) atoms. The van der Waals surface area contributed by atoms with Crippen molar-refractivity contribution >= 4 is 5.82 Å². The van der Waals surface area contributed by atoms with E-state index in [1.165, 1.54) is 42.6 Å². The molecule has 0 aliphatic carbocycles. The summed E-state index contributed by atoms with van der Waals surface area (Å²) in [6.07, 6.45) is 3.84. The Morgan fingerprint density at radius 3 is 2.57 bits per heavy atom. The second kappa shape index (κ2) is 7.14. The zero-order chi connectivity index (χ0) is 16.2. The standard InChI is InChI=1S/C20H27N3/c1-16-18(12-13-20(21-16)22(2)3)19-11-7-8-14-23(19)15-17-9-5-4-6-10-17/h4-6,9-10,12-13,19H,7-8,11,14-15H2,1-3H3. The quantitative estimate of drug-likeness (QED) is 0.844. The molecule has 3 rings (SSSR count). The summed E-state index contributed by atoms with van der Waals surface area (Å²) >= 11 is 0. The van der Waals surface area contributed by atoms with E-state index in [2.05, 4.69) is 59.2 Å². The zero-order valence-electron chi connectivity index (χ0n) is 14.5. The Balaban J connectivity index is 1.84. The lowest BCUT2D eigenvalue weighted by Crippen LogP contribution is -2.33. The smallest absolute Gasteiger partial charge is 0.128 e. The van der Waals surface area contributed by atoms with Crippen LogP contribution in [-0.4, -0.2) is 30.5 Å². The number of nitrogens with zero attached hydrogens (tertiary/aromatic N) is 3. The van der Waals surface area contributed by atoms with E-state index in [0.717, 1.165) is 12.4 Å². The Morgan fingerprint density at radius 2 is 1.87 bits per heavy atom. The van der Waals surface area contributed by atoms with Gasteiger partial charge in [-0.05, 0) is 43.5 Å². The molecule has 122 valence electrons. The molecule has 3 nitrogen and oxygen atoms in total. The third-order valence-corrected chi connectivity index (χ3v) is 4.77. The molecule has 2 heterocycles. The minimum atomic E-state index is 0.493. The highest BCUT2D eigenvalue weighted by Gasteiger charge is 2.25. The maximum absolute atomic E-state index is 4.79. The van der Waals surface area contributed by atoms with Crippen LogP contribution in [0.4, 0.5) is 5.82 Å². The average molecular weight is 309 g/mol. The molecule has 0 N–H and O–H groups in total. The predicted molar refractivity (Wildman–Crippen MR) is 96.7 cm³/mol. The van der Waals surface area contributed by atoms with Crippen LogP contribution in [0.15, 0.2) is 42.5 Å². The zero-order valence-corrected chi connectivity index (χ0v) is 14.5. The number of rotatable bonds is 4. The fraction of sp³-hybridized carbons (Fsp3) is 0.450. The largest absolute Gasteiger partial charge is 0.363 e. The maximum Gasteiger partial charge on any atom is 0.128 e. The van der Waals surface area contributed by atoms with Crippen LogP contribution in [0.3, 0.4) is 0 Å². The Labute approximate surface area is 140 Å². The summed E-state index contributed by atoms with van der Waals surface area (Å²) in [5.41, 5.74) is 3.96. The van der Waals surface area contributed by atoms with E-state index in [1.807, 2.05) is 14.1 Å². The predicted octanol–water partition coefficient (Wildman–Crippen LogP) is 4.18. The number of benzene rings is 1. The van der Waals surface area contributed by atoms with E-state index in [4.69, 9.17) is 4.98 Å². The van der Waals surface area contributed by atoms with Crippen molar-refractivity contribution < 1.29 is 0 Å². The Kier molecular flexibility index (Phi) is 4.97. The fourth-order valence-electron chi connectivity index (χ4n) is 3.51. The molecule has 1 unspecified atom stereocenters. The van der Waals surface area contributed by atoms with Crippen molar-refractivity contribution in [3.05, 3.63) is 59.3 Å². The first-order valence-corrected chi connectivity index (χ1v) is 8.58. The molecule has 1 atom stereocenters. The van der Waals surface area contributed by atoms with Crippen molar-refractivity contribution in [2.75, 3.05) is 25.5 Å². The Hall–Kier alpha value is -1.87. The number of aromatic nitrogens is 1. The molecule has 0 radical (unpaired) electrons. The minimum absolute atomic E-state index is 0.493. The van der Waals surface area contributed by atoms with Crippen LogP contribution in [0, 0.1) is 6.92 Å². The Bertz CT molecular complexity index is 637. The molecule has 3 heteroatoms. The molecule has 1 aliphatic heterocycles. The number of hydrogen-bond donors (Lipinski definition) is 0. The highest BCUT2D eigenvalue weighted by molar-refractivity contribution is 5.41. The normalized spacial score (nSPS) is 18.8. The number of likely N-dealkylation sites (tertiary alicyclic amines) is 1. The van der Waals surface area contributed by atoms with Gasteiger partial charge in [-0.15, -0.1) is 0 Å². The second-order valence-corrected chi connectivity index (χ2v) is 6.71. The van der Waals surface area contributed by atoms with Gasteiger partial charge in [-0.1, -0.05) is 42.8 Å². The number of aryl methyl sites for hydroxylation is 1. The van der Waals surface area contributed by atoms with E-state index in [0.29, 0.717) is 6.04 Å². The van der Waals surface area contributed by atoms with E-state index in [9.17, 15) is 0 Å². The highest BCUT2D eigenvalue weighted by Crippen LogP contribution is 2.34. The summed E-state index contributed by atoms with van der Waals surface area (Å²) in [6.45, 7) is 4.35. The molecule has 1 aliphatic rings. The molecule has 1 aromatic heterocycles. The summed E-state index contributed by atoms with van der Waals surface area (Å²) in [7, 11) is 4.09. The number of piperidine rings is 1. The average Bonchev–Trinajstić information content (AvgIpc) is 2.56. The van der Waals surface area contributed by atoms with Crippen molar-refractivity contribution in [2.24, 2.45) is 0 Å². The summed E-state index contributed by atoms with van der Waals surface area (Å²) in [5, 5.41) is 0. The van der Waals surface area contributed by atoms with Crippen molar-refractivity contribution in [1.82, 2.24) is 9.88 Å². The lowest BCUT2D eigenvalue weighted by atomic mass is 9.93. The molecule has 1 fully saturated rings. The van der Waals surface area contributed by atoms with Crippen LogP contribution in [0.5, 0.6) is 0 Å². The summed E-state index contributed by atoms with van der Waals surface area (Å²) in [6, 6.07) is 15.7. The molecule has 0 saturated carbocycles. The molecule has 1 saturated heterocycles. The molecular weight excluding hydrogens is 282 g/mol. The number of hydrogen-bond acceptors (Lipinski definition) is 3. The summed E-state index contributed by atoms with van der Waals surface area (Å²) < 4.78 is 0.